The Morgan fingerprint density at radius 1 is 1.22 bits per heavy atom. The van der Waals surface area contributed by atoms with Crippen molar-refractivity contribution in [1.29, 1.82) is 0 Å². The zero-order chi connectivity index (χ0) is 16.6. The molecule has 1 saturated carbocycles. The lowest BCUT2D eigenvalue weighted by Gasteiger charge is -2.32. The average Bonchev–Trinajstić information content (AvgIpc) is 3.31. The fourth-order valence-electron chi connectivity index (χ4n) is 2.56. The van der Waals surface area contributed by atoms with Crippen LogP contribution in [0.3, 0.4) is 0 Å². The number of nitrogens with zero attached hydrogens (tertiary/aromatic N) is 1. The Bertz CT molecular complexity index is 637. The van der Waals surface area contributed by atoms with E-state index >= 15 is 0 Å². The Kier molecular flexibility index (Phi) is 4.40. The number of piperidine rings is 1. The minimum absolute atomic E-state index is 0.00533. The van der Waals surface area contributed by atoms with Crippen LogP contribution in [0.2, 0.25) is 0 Å². The van der Waals surface area contributed by atoms with E-state index in [9.17, 15) is 18.4 Å². The number of amides is 2. The van der Waals surface area contributed by atoms with Crippen LogP contribution >= 0.6 is 15.9 Å². The van der Waals surface area contributed by atoms with Crippen molar-refractivity contribution in [3.05, 3.63) is 28.2 Å². The number of carbonyl (C=O) groups excluding carboxylic acids is 2. The highest BCUT2D eigenvalue weighted by atomic mass is 79.9. The van der Waals surface area contributed by atoms with Gasteiger partial charge in [-0.3, -0.25) is 9.59 Å². The van der Waals surface area contributed by atoms with E-state index in [1.54, 1.807) is 18.2 Å². The quantitative estimate of drug-likeness (QED) is 0.861. The molecule has 4 nitrogen and oxygen atoms in total. The highest BCUT2D eigenvalue weighted by molar-refractivity contribution is 9.10. The van der Waals surface area contributed by atoms with E-state index in [1.807, 2.05) is 0 Å². The molecular formula is C16H17BrF2N2O2. The van der Waals surface area contributed by atoms with Gasteiger partial charge in [-0.05, 0) is 47.0 Å². The topological polar surface area (TPSA) is 49.4 Å². The van der Waals surface area contributed by atoms with Crippen molar-refractivity contribution in [2.24, 2.45) is 5.92 Å². The van der Waals surface area contributed by atoms with Crippen LogP contribution in [0, 0.1) is 5.92 Å². The predicted octanol–water partition coefficient (Wildman–Crippen LogP) is 3.67. The number of halogens is 3. The van der Waals surface area contributed by atoms with Crippen molar-refractivity contribution >= 4 is 33.4 Å². The van der Waals surface area contributed by atoms with Crippen LogP contribution in [0.25, 0.3) is 0 Å². The Hall–Kier alpha value is -1.50. The number of rotatable bonds is 3. The molecular weight excluding hydrogens is 370 g/mol. The van der Waals surface area contributed by atoms with Crippen molar-refractivity contribution in [2.45, 2.75) is 31.6 Å². The first-order valence-corrected chi connectivity index (χ1v) is 8.42. The fourth-order valence-corrected chi connectivity index (χ4v) is 3.11. The molecule has 1 heterocycles. The van der Waals surface area contributed by atoms with E-state index < -0.39 is 5.92 Å². The summed E-state index contributed by atoms with van der Waals surface area (Å²) in [6.45, 7) is 0.108. The molecule has 23 heavy (non-hydrogen) atoms. The second-order valence-electron chi connectivity index (χ2n) is 6.11. The Balaban J connectivity index is 1.67. The van der Waals surface area contributed by atoms with Gasteiger partial charge in [-0.15, -0.1) is 0 Å². The molecule has 0 spiro atoms. The first-order chi connectivity index (χ1) is 10.9. The summed E-state index contributed by atoms with van der Waals surface area (Å²) in [5, 5.41) is 2.81. The molecule has 0 bridgehead atoms. The molecule has 1 aliphatic heterocycles. The maximum absolute atomic E-state index is 13.2. The molecule has 1 saturated heterocycles. The van der Waals surface area contributed by atoms with Gasteiger partial charge in [0.1, 0.15) is 0 Å². The summed E-state index contributed by atoms with van der Waals surface area (Å²) in [5.74, 6) is -2.85. The van der Waals surface area contributed by atoms with Crippen LogP contribution in [0.5, 0.6) is 0 Å². The maximum Gasteiger partial charge on any atom is 0.255 e. The van der Waals surface area contributed by atoms with Crippen LogP contribution in [0.1, 0.15) is 36.0 Å². The minimum atomic E-state index is -2.68. The number of alkyl halides is 2. The van der Waals surface area contributed by atoms with E-state index in [0.717, 1.165) is 12.8 Å². The molecule has 7 heteroatoms. The molecule has 1 aliphatic carbocycles. The SMILES string of the molecule is O=C(Nc1ccc(C(=O)N2CCC(F)(F)CC2)c(Br)c1)C1CC1. The van der Waals surface area contributed by atoms with Gasteiger partial charge >= 0.3 is 0 Å². The average molecular weight is 387 g/mol. The molecule has 0 atom stereocenters. The van der Waals surface area contributed by atoms with Crippen LogP contribution in [-0.2, 0) is 4.79 Å². The third-order valence-corrected chi connectivity index (χ3v) is 4.85. The number of nitrogens with one attached hydrogen (secondary N) is 1. The number of likely N-dealkylation sites (tertiary alicyclic amines) is 1. The normalized spacial score (nSPS) is 20.2. The van der Waals surface area contributed by atoms with E-state index in [4.69, 9.17) is 0 Å². The largest absolute Gasteiger partial charge is 0.338 e. The van der Waals surface area contributed by atoms with Gasteiger partial charge in [0, 0.05) is 42.0 Å². The van der Waals surface area contributed by atoms with E-state index in [2.05, 4.69) is 21.2 Å². The van der Waals surface area contributed by atoms with Crippen LogP contribution in [0.4, 0.5) is 14.5 Å². The van der Waals surface area contributed by atoms with Gasteiger partial charge in [0.15, 0.2) is 0 Å². The lowest BCUT2D eigenvalue weighted by atomic mass is 10.1. The van der Waals surface area contributed by atoms with Gasteiger partial charge in [0.05, 0.1) is 5.56 Å². The van der Waals surface area contributed by atoms with Crippen molar-refractivity contribution in [3.8, 4) is 0 Å². The van der Waals surface area contributed by atoms with Crippen LogP contribution < -0.4 is 5.32 Å². The van der Waals surface area contributed by atoms with Gasteiger partial charge in [0.25, 0.3) is 11.8 Å². The molecule has 1 aromatic carbocycles. The second-order valence-corrected chi connectivity index (χ2v) is 6.96. The van der Waals surface area contributed by atoms with E-state index in [-0.39, 0.29) is 43.7 Å². The smallest absolute Gasteiger partial charge is 0.255 e. The summed E-state index contributed by atoms with van der Waals surface area (Å²) in [6.07, 6.45) is 1.24. The number of hydrogen-bond acceptors (Lipinski definition) is 2. The Morgan fingerprint density at radius 3 is 2.43 bits per heavy atom. The molecule has 124 valence electrons. The summed E-state index contributed by atoms with van der Waals surface area (Å²) in [4.78, 5) is 25.6. The van der Waals surface area contributed by atoms with Crippen LogP contribution in [0.15, 0.2) is 22.7 Å². The zero-order valence-electron chi connectivity index (χ0n) is 12.4. The molecule has 2 aliphatic rings. The number of carbonyl (C=O) groups is 2. The minimum Gasteiger partial charge on any atom is -0.338 e. The molecule has 0 radical (unpaired) electrons. The van der Waals surface area contributed by atoms with Crippen molar-refractivity contribution in [2.75, 3.05) is 18.4 Å². The van der Waals surface area contributed by atoms with E-state index in [1.165, 1.54) is 4.90 Å². The summed E-state index contributed by atoms with van der Waals surface area (Å²) in [7, 11) is 0. The van der Waals surface area contributed by atoms with Gasteiger partial charge in [-0.2, -0.15) is 0 Å². The molecule has 2 amide bonds. The van der Waals surface area contributed by atoms with Crippen molar-refractivity contribution in [1.82, 2.24) is 4.90 Å². The van der Waals surface area contributed by atoms with Crippen molar-refractivity contribution in [3.63, 3.8) is 0 Å². The van der Waals surface area contributed by atoms with Gasteiger partial charge in [0.2, 0.25) is 5.91 Å². The summed E-state index contributed by atoms with van der Waals surface area (Å²) >= 11 is 3.33. The molecule has 0 aromatic heterocycles. The second kappa shape index (κ2) is 6.19. The summed E-state index contributed by atoms with van der Waals surface area (Å²) in [6, 6.07) is 4.95. The molecule has 1 aromatic rings. The first kappa shape index (κ1) is 16.4. The molecule has 1 N–H and O–H groups in total. The van der Waals surface area contributed by atoms with Crippen molar-refractivity contribution < 1.29 is 18.4 Å². The standard InChI is InChI=1S/C16H17BrF2N2O2/c17-13-9-11(20-14(22)10-1-2-10)3-4-12(13)15(23)21-7-5-16(18,19)6-8-21/h3-4,9-10H,1-2,5-8H2,(H,20,22). The summed E-state index contributed by atoms with van der Waals surface area (Å²) in [5.41, 5.74) is 1.04. The Morgan fingerprint density at radius 2 is 1.87 bits per heavy atom. The predicted molar refractivity (Wildman–Crippen MR) is 85.6 cm³/mol. The first-order valence-electron chi connectivity index (χ1n) is 7.63. The third-order valence-electron chi connectivity index (χ3n) is 4.20. The summed E-state index contributed by atoms with van der Waals surface area (Å²) < 4.78 is 26.9. The van der Waals surface area contributed by atoms with Gasteiger partial charge in [-0.1, -0.05) is 0 Å². The fraction of sp³-hybridized carbons (Fsp3) is 0.500. The van der Waals surface area contributed by atoms with Gasteiger partial charge in [-0.25, -0.2) is 8.78 Å². The number of anilines is 1. The molecule has 3 rings (SSSR count). The van der Waals surface area contributed by atoms with E-state index in [0.29, 0.717) is 15.7 Å². The van der Waals surface area contributed by atoms with Crippen LogP contribution in [-0.4, -0.2) is 35.7 Å². The number of hydrogen-bond donors (Lipinski definition) is 1. The van der Waals surface area contributed by atoms with Gasteiger partial charge < -0.3 is 10.2 Å². The molecule has 2 fully saturated rings. The molecule has 0 unspecified atom stereocenters. The highest BCUT2D eigenvalue weighted by Gasteiger charge is 2.36. The third kappa shape index (κ3) is 3.88. The highest BCUT2D eigenvalue weighted by Crippen LogP contribution is 2.32. The maximum atomic E-state index is 13.2. The zero-order valence-corrected chi connectivity index (χ0v) is 14.0. The number of benzene rings is 1. The lowest BCUT2D eigenvalue weighted by Crippen LogP contribution is -2.42. The monoisotopic (exact) mass is 386 g/mol. The Labute approximate surface area is 141 Å². The lowest BCUT2D eigenvalue weighted by molar-refractivity contribution is -0.117.